The molecule has 0 aliphatic carbocycles. The second-order valence-electron chi connectivity index (χ2n) is 4.83. The maximum atomic E-state index is 12.5. The van der Waals surface area contributed by atoms with Crippen molar-refractivity contribution in [3.05, 3.63) is 29.8 Å². The Hall–Kier alpha value is -1.44. The van der Waals surface area contributed by atoms with E-state index in [0.29, 0.717) is 25.9 Å². The molecule has 1 aliphatic rings. The van der Waals surface area contributed by atoms with Crippen LogP contribution in [0.2, 0.25) is 0 Å². The first-order valence-electron chi connectivity index (χ1n) is 6.40. The molecule has 0 saturated carbocycles. The van der Waals surface area contributed by atoms with Crippen LogP contribution in [0.1, 0.15) is 23.2 Å². The van der Waals surface area contributed by atoms with Gasteiger partial charge in [-0.15, -0.1) is 0 Å². The van der Waals surface area contributed by atoms with Gasteiger partial charge < -0.3 is 10.2 Å². The number of nitrogens with zero attached hydrogens (tertiary/aromatic N) is 1. The van der Waals surface area contributed by atoms with Gasteiger partial charge in [0.1, 0.15) is 0 Å². The summed E-state index contributed by atoms with van der Waals surface area (Å²) >= 11 is 0. The average molecular weight is 299 g/mol. The second kappa shape index (κ2) is 5.90. The third-order valence-electron chi connectivity index (χ3n) is 3.52. The minimum atomic E-state index is -3.79. The Kier molecular flexibility index (Phi) is 4.42. The molecule has 0 radical (unpaired) electrons. The lowest BCUT2D eigenvalue weighted by atomic mass is 10.1. The Bertz CT molecular complexity index is 599. The van der Waals surface area contributed by atoms with Gasteiger partial charge in [-0.2, -0.15) is 4.31 Å². The Morgan fingerprint density at radius 2 is 2.05 bits per heavy atom. The fourth-order valence-corrected chi connectivity index (χ4v) is 4.16. The van der Waals surface area contributed by atoms with E-state index in [9.17, 15) is 13.2 Å². The fraction of sp³-hybridized carbons (Fsp3) is 0.462. The van der Waals surface area contributed by atoms with Crippen molar-refractivity contribution >= 4 is 16.0 Å². The van der Waals surface area contributed by atoms with E-state index in [1.54, 1.807) is 0 Å². The number of aliphatic hydroxyl groups excluding tert-OH is 1. The number of carbonyl (C=O) groups is 1. The van der Waals surface area contributed by atoms with Crippen LogP contribution in [0, 0.1) is 5.92 Å². The molecule has 2 N–H and O–H groups in total. The van der Waals surface area contributed by atoms with Crippen molar-refractivity contribution in [3.8, 4) is 0 Å². The Balaban J connectivity index is 2.30. The van der Waals surface area contributed by atoms with Crippen LogP contribution in [0.3, 0.4) is 0 Å². The van der Waals surface area contributed by atoms with Gasteiger partial charge in [0.25, 0.3) is 0 Å². The highest BCUT2D eigenvalue weighted by Gasteiger charge is 2.34. The van der Waals surface area contributed by atoms with Gasteiger partial charge in [-0.05, 0) is 30.9 Å². The zero-order valence-corrected chi connectivity index (χ0v) is 11.7. The predicted molar refractivity (Wildman–Crippen MR) is 72.0 cm³/mol. The van der Waals surface area contributed by atoms with Crippen molar-refractivity contribution in [2.45, 2.75) is 17.7 Å². The van der Waals surface area contributed by atoms with Crippen LogP contribution in [-0.4, -0.2) is 48.6 Å². The molecule has 7 heteroatoms. The smallest absolute Gasteiger partial charge is 0.337 e. The number of aromatic carboxylic acids is 1. The number of benzene rings is 1. The Morgan fingerprint density at radius 3 is 2.70 bits per heavy atom. The van der Waals surface area contributed by atoms with Gasteiger partial charge in [0, 0.05) is 19.7 Å². The molecule has 20 heavy (non-hydrogen) atoms. The first kappa shape index (κ1) is 15.0. The number of rotatable bonds is 5. The number of hydrogen-bond acceptors (Lipinski definition) is 4. The number of hydrogen-bond donors (Lipinski definition) is 2. The number of aliphatic hydroxyl groups is 1. The van der Waals surface area contributed by atoms with Crippen molar-refractivity contribution in [2.75, 3.05) is 19.7 Å². The fourth-order valence-electron chi connectivity index (χ4n) is 2.44. The summed E-state index contributed by atoms with van der Waals surface area (Å²) in [7, 11) is -3.79. The van der Waals surface area contributed by atoms with Crippen molar-refractivity contribution in [1.82, 2.24) is 4.31 Å². The van der Waals surface area contributed by atoms with Crippen LogP contribution >= 0.6 is 0 Å². The molecule has 1 aromatic rings. The first-order valence-corrected chi connectivity index (χ1v) is 7.84. The lowest BCUT2D eigenvalue weighted by Crippen LogP contribution is -2.30. The maximum absolute atomic E-state index is 12.5. The standard InChI is InChI=1S/C13H17NO5S/c15-8-6-10-5-7-14(9-10)20(18,19)12-4-2-1-3-11(12)13(16)17/h1-4,10,15H,5-9H2,(H,16,17). The molecule has 0 spiro atoms. The highest BCUT2D eigenvalue weighted by molar-refractivity contribution is 7.89. The van der Waals surface area contributed by atoms with E-state index in [4.69, 9.17) is 10.2 Å². The first-order chi connectivity index (χ1) is 9.46. The van der Waals surface area contributed by atoms with Crippen LogP contribution in [-0.2, 0) is 10.0 Å². The van der Waals surface area contributed by atoms with Gasteiger partial charge in [0.2, 0.25) is 10.0 Å². The molecule has 0 amide bonds. The second-order valence-corrected chi connectivity index (χ2v) is 6.74. The summed E-state index contributed by atoms with van der Waals surface area (Å²) in [5.41, 5.74) is -0.210. The highest BCUT2D eigenvalue weighted by atomic mass is 32.2. The molecular weight excluding hydrogens is 282 g/mol. The van der Waals surface area contributed by atoms with Gasteiger partial charge in [-0.25, -0.2) is 13.2 Å². The van der Waals surface area contributed by atoms with E-state index in [1.165, 1.54) is 28.6 Å². The van der Waals surface area contributed by atoms with Crippen LogP contribution in [0.25, 0.3) is 0 Å². The van der Waals surface area contributed by atoms with Crippen LogP contribution in [0.5, 0.6) is 0 Å². The minimum absolute atomic E-state index is 0.0320. The van der Waals surface area contributed by atoms with Crippen molar-refractivity contribution in [2.24, 2.45) is 5.92 Å². The molecule has 1 fully saturated rings. The molecule has 1 unspecified atom stereocenters. The minimum Gasteiger partial charge on any atom is -0.478 e. The highest BCUT2D eigenvalue weighted by Crippen LogP contribution is 2.27. The lowest BCUT2D eigenvalue weighted by Gasteiger charge is -2.17. The third kappa shape index (κ3) is 2.84. The van der Waals surface area contributed by atoms with Crippen LogP contribution < -0.4 is 0 Å². The molecule has 1 heterocycles. The summed E-state index contributed by atoms with van der Waals surface area (Å²) in [5, 5.41) is 18.0. The zero-order chi connectivity index (χ0) is 14.8. The van der Waals surface area contributed by atoms with Crippen LogP contribution in [0.15, 0.2) is 29.2 Å². The normalized spacial score (nSPS) is 20.1. The number of carboxylic acid groups (broad SMARTS) is 1. The Labute approximate surface area is 117 Å². The van der Waals surface area contributed by atoms with E-state index in [0.717, 1.165) is 0 Å². The summed E-state index contributed by atoms with van der Waals surface area (Å²) < 4.78 is 26.3. The molecule has 1 saturated heterocycles. The quantitative estimate of drug-likeness (QED) is 0.837. The van der Waals surface area contributed by atoms with E-state index in [2.05, 4.69) is 0 Å². The molecule has 0 aromatic heterocycles. The molecule has 110 valence electrons. The molecule has 6 nitrogen and oxygen atoms in total. The monoisotopic (exact) mass is 299 g/mol. The summed E-state index contributed by atoms with van der Waals surface area (Å²) in [6.07, 6.45) is 1.25. The summed E-state index contributed by atoms with van der Waals surface area (Å²) in [5.74, 6) is -1.12. The average Bonchev–Trinajstić information content (AvgIpc) is 2.88. The summed E-state index contributed by atoms with van der Waals surface area (Å²) in [6.45, 7) is 0.724. The zero-order valence-electron chi connectivity index (χ0n) is 10.9. The van der Waals surface area contributed by atoms with Crippen molar-refractivity contribution in [3.63, 3.8) is 0 Å². The SMILES string of the molecule is O=C(O)c1ccccc1S(=O)(=O)N1CCC(CCO)C1. The van der Waals surface area contributed by atoms with Crippen molar-refractivity contribution < 1.29 is 23.4 Å². The van der Waals surface area contributed by atoms with Gasteiger partial charge >= 0.3 is 5.97 Å². The van der Waals surface area contributed by atoms with E-state index in [1.807, 2.05) is 0 Å². The molecular formula is C13H17NO5S. The summed E-state index contributed by atoms with van der Waals surface area (Å²) in [6, 6.07) is 5.62. The van der Waals surface area contributed by atoms with E-state index < -0.39 is 16.0 Å². The van der Waals surface area contributed by atoms with Crippen LogP contribution in [0.4, 0.5) is 0 Å². The number of sulfonamides is 1. The van der Waals surface area contributed by atoms with E-state index >= 15 is 0 Å². The van der Waals surface area contributed by atoms with Gasteiger partial charge in [0.05, 0.1) is 10.5 Å². The van der Waals surface area contributed by atoms with Gasteiger partial charge in [-0.3, -0.25) is 0 Å². The van der Waals surface area contributed by atoms with Gasteiger partial charge in [0.15, 0.2) is 0 Å². The van der Waals surface area contributed by atoms with Crippen molar-refractivity contribution in [1.29, 1.82) is 0 Å². The number of carboxylic acids is 1. The molecule has 0 bridgehead atoms. The topological polar surface area (TPSA) is 94.9 Å². The molecule has 1 atom stereocenters. The lowest BCUT2D eigenvalue weighted by molar-refractivity contribution is 0.0692. The van der Waals surface area contributed by atoms with Gasteiger partial charge in [-0.1, -0.05) is 12.1 Å². The predicted octanol–water partition coefficient (Wildman–Crippen LogP) is 0.778. The largest absolute Gasteiger partial charge is 0.478 e. The third-order valence-corrected chi connectivity index (χ3v) is 5.44. The Morgan fingerprint density at radius 1 is 1.35 bits per heavy atom. The molecule has 2 rings (SSSR count). The summed E-state index contributed by atoms with van der Waals surface area (Å²) in [4.78, 5) is 11.0. The molecule has 1 aliphatic heterocycles. The van der Waals surface area contributed by atoms with E-state index in [-0.39, 0.29) is 23.0 Å². The molecule has 1 aromatic carbocycles. The maximum Gasteiger partial charge on any atom is 0.337 e.